The van der Waals surface area contributed by atoms with Crippen LogP contribution in [0.5, 0.6) is 0 Å². The maximum absolute atomic E-state index is 5.49. The summed E-state index contributed by atoms with van der Waals surface area (Å²) in [6, 6.07) is 0. The first-order valence-corrected chi connectivity index (χ1v) is 5.84. The van der Waals surface area contributed by atoms with Gasteiger partial charge in [0.2, 0.25) is 0 Å². The highest BCUT2D eigenvalue weighted by Gasteiger charge is 2.16. The fourth-order valence-corrected chi connectivity index (χ4v) is 1.85. The molecule has 0 aliphatic rings. The smallest absolute Gasteiger partial charge is 0.00340 e. The number of nitrogens with two attached hydrogens (primary N) is 1. The van der Waals surface area contributed by atoms with Crippen molar-refractivity contribution in [3.8, 4) is 0 Å². The molecule has 2 atom stereocenters. The van der Waals surface area contributed by atoms with Crippen molar-refractivity contribution in [2.45, 2.75) is 32.6 Å². The molecular weight excluding hydrogens is 182 g/mol. The summed E-state index contributed by atoms with van der Waals surface area (Å²) in [6.45, 7) is 14.8. The van der Waals surface area contributed by atoms with Crippen molar-refractivity contribution in [1.82, 2.24) is 0 Å². The second-order valence-electron chi connectivity index (χ2n) is 3.96. The highest BCUT2D eigenvalue weighted by atomic mass is 14.5. The molecule has 0 fully saturated rings. The first kappa shape index (κ1) is 14.2. The molecule has 0 saturated carbocycles. The lowest BCUT2D eigenvalue weighted by molar-refractivity contribution is 0.466. The number of hydrogen-bond donors (Lipinski definition) is 1. The van der Waals surface area contributed by atoms with Gasteiger partial charge in [-0.1, -0.05) is 37.6 Å². The van der Waals surface area contributed by atoms with E-state index in [1.165, 1.54) is 5.57 Å². The first-order chi connectivity index (χ1) is 7.21. The van der Waals surface area contributed by atoms with Crippen LogP contribution in [0, 0.1) is 11.8 Å². The third-order valence-electron chi connectivity index (χ3n) is 2.94. The van der Waals surface area contributed by atoms with E-state index < -0.39 is 0 Å². The van der Waals surface area contributed by atoms with Crippen LogP contribution in [-0.4, -0.2) is 6.54 Å². The Morgan fingerprint density at radius 3 is 2.33 bits per heavy atom. The molecule has 0 radical (unpaired) electrons. The Labute approximate surface area is 94.8 Å². The zero-order valence-corrected chi connectivity index (χ0v) is 10.0. The van der Waals surface area contributed by atoms with Crippen LogP contribution in [0.1, 0.15) is 32.6 Å². The third-order valence-corrected chi connectivity index (χ3v) is 2.94. The summed E-state index contributed by atoms with van der Waals surface area (Å²) in [5.41, 5.74) is 6.74. The Morgan fingerprint density at radius 1 is 1.27 bits per heavy atom. The molecule has 0 bridgehead atoms. The van der Waals surface area contributed by atoms with Crippen LogP contribution in [-0.2, 0) is 0 Å². The van der Waals surface area contributed by atoms with Crippen molar-refractivity contribution >= 4 is 0 Å². The van der Waals surface area contributed by atoms with E-state index in [4.69, 9.17) is 5.73 Å². The van der Waals surface area contributed by atoms with Crippen molar-refractivity contribution in [2.75, 3.05) is 6.54 Å². The quantitative estimate of drug-likeness (QED) is 0.453. The van der Waals surface area contributed by atoms with E-state index in [1.807, 2.05) is 12.2 Å². The summed E-state index contributed by atoms with van der Waals surface area (Å²) in [5.74, 6) is 0.853. The minimum Gasteiger partial charge on any atom is -0.330 e. The molecule has 0 aromatic rings. The molecule has 0 aromatic heterocycles. The summed E-state index contributed by atoms with van der Waals surface area (Å²) in [6.07, 6.45) is 8.43. The van der Waals surface area contributed by atoms with Crippen LogP contribution in [0.2, 0.25) is 0 Å². The normalized spacial score (nSPS) is 14.3. The average Bonchev–Trinajstić information content (AvgIpc) is 2.27. The Bertz CT molecular complexity index is 205. The molecule has 2 N–H and O–H groups in total. The predicted molar refractivity (Wildman–Crippen MR) is 69.7 cm³/mol. The lowest BCUT2D eigenvalue weighted by Gasteiger charge is -2.23. The van der Waals surface area contributed by atoms with E-state index >= 15 is 0 Å². The molecule has 2 unspecified atom stereocenters. The van der Waals surface area contributed by atoms with Crippen LogP contribution in [0.3, 0.4) is 0 Å². The van der Waals surface area contributed by atoms with Crippen LogP contribution in [0.15, 0.2) is 37.5 Å². The molecule has 0 aliphatic carbocycles. The zero-order valence-electron chi connectivity index (χ0n) is 10.0. The minimum absolute atomic E-state index is 0.380. The first-order valence-electron chi connectivity index (χ1n) is 5.84. The van der Waals surface area contributed by atoms with E-state index in [1.54, 1.807) is 0 Å². The van der Waals surface area contributed by atoms with Crippen LogP contribution < -0.4 is 5.73 Å². The molecule has 0 aromatic carbocycles. The van der Waals surface area contributed by atoms with E-state index in [2.05, 4.69) is 26.7 Å². The van der Waals surface area contributed by atoms with Crippen LogP contribution in [0.4, 0.5) is 0 Å². The standard InChI is InChI=1S/C14H25N/c1-5-12(4)14(7-3)13(6-2)10-8-9-11-15/h6-7,13-14H,2-5,8-11,15H2,1H3. The van der Waals surface area contributed by atoms with Gasteiger partial charge in [0.25, 0.3) is 0 Å². The minimum atomic E-state index is 0.380. The fraction of sp³-hybridized carbons (Fsp3) is 0.571. The highest BCUT2D eigenvalue weighted by molar-refractivity contribution is 5.12. The summed E-state index contributed by atoms with van der Waals surface area (Å²) >= 11 is 0. The van der Waals surface area contributed by atoms with E-state index in [-0.39, 0.29) is 0 Å². The summed E-state index contributed by atoms with van der Waals surface area (Å²) in [5, 5.41) is 0. The summed E-state index contributed by atoms with van der Waals surface area (Å²) in [4.78, 5) is 0. The fourth-order valence-electron chi connectivity index (χ4n) is 1.85. The lowest BCUT2D eigenvalue weighted by atomic mass is 9.82. The van der Waals surface area contributed by atoms with E-state index in [0.717, 1.165) is 32.2 Å². The number of allylic oxidation sites excluding steroid dienone is 3. The van der Waals surface area contributed by atoms with Gasteiger partial charge in [-0.25, -0.2) is 0 Å². The number of hydrogen-bond acceptors (Lipinski definition) is 1. The van der Waals surface area contributed by atoms with Crippen molar-refractivity contribution in [2.24, 2.45) is 17.6 Å². The van der Waals surface area contributed by atoms with Gasteiger partial charge in [0.05, 0.1) is 0 Å². The molecular formula is C14H25N. The summed E-state index contributed by atoms with van der Waals surface area (Å²) in [7, 11) is 0. The third kappa shape index (κ3) is 4.98. The van der Waals surface area contributed by atoms with Gasteiger partial charge in [-0.15, -0.1) is 13.2 Å². The van der Waals surface area contributed by atoms with E-state index in [9.17, 15) is 0 Å². The van der Waals surface area contributed by atoms with Gasteiger partial charge in [-0.2, -0.15) is 0 Å². The van der Waals surface area contributed by atoms with Crippen molar-refractivity contribution < 1.29 is 0 Å². The summed E-state index contributed by atoms with van der Waals surface area (Å²) < 4.78 is 0. The largest absolute Gasteiger partial charge is 0.330 e. The molecule has 0 amide bonds. The molecule has 0 rings (SSSR count). The predicted octanol–water partition coefficient (Wildman–Crippen LogP) is 3.69. The maximum Gasteiger partial charge on any atom is 0.00340 e. The topological polar surface area (TPSA) is 26.0 Å². The Balaban J connectivity index is 4.27. The Hall–Kier alpha value is -0.820. The number of rotatable bonds is 9. The monoisotopic (exact) mass is 207 g/mol. The van der Waals surface area contributed by atoms with Gasteiger partial charge < -0.3 is 5.73 Å². The average molecular weight is 207 g/mol. The second kappa shape index (κ2) is 8.49. The van der Waals surface area contributed by atoms with Gasteiger partial charge in [0, 0.05) is 5.92 Å². The number of unbranched alkanes of at least 4 members (excludes halogenated alkanes) is 1. The van der Waals surface area contributed by atoms with Crippen molar-refractivity contribution in [3.05, 3.63) is 37.5 Å². The van der Waals surface area contributed by atoms with Crippen LogP contribution >= 0.6 is 0 Å². The van der Waals surface area contributed by atoms with Gasteiger partial charge in [-0.05, 0) is 31.7 Å². The molecule has 15 heavy (non-hydrogen) atoms. The van der Waals surface area contributed by atoms with Gasteiger partial charge in [-0.3, -0.25) is 0 Å². The van der Waals surface area contributed by atoms with Crippen molar-refractivity contribution in [1.29, 1.82) is 0 Å². The van der Waals surface area contributed by atoms with Gasteiger partial charge in [0.15, 0.2) is 0 Å². The Kier molecular flexibility index (Phi) is 8.02. The molecule has 86 valence electrons. The SMILES string of the molecule is C=CC(CCCCN)C(C=C)C(=C)CC. The lowest BCUT2D eigenvalue weighted by Crippen LogP contribution is -2.13. The highest BCUT2D eigenvalue weighted by Crippen LogP contribution is 2.28. The molecule has 0 aliphatic heterocycles. The molecule has 0 saturated heterocycles. The molecule has 0 spiro atoms. The molecule has 0 heterocycles. The van der Waals surface area contributed by atoms with Gasteiger partial charge in [0.1, 0.15) is 0 Å². The molecule has 1 heteroatoms. The van der Waals surface area contributed by atoms with Crippen LogP contribution in [0.25, 0.3) is 0 Å². The van der Waals surface area contributed by atoms with Gasteiger partial charge >= 0.3 is 0 Å². The molecule has 1 nitrogen and oxygen atoms in total. The maximum atomic E-state index is 5.49. The Morgan fingerprint density at radius 2 is 1.93 bits per heavy atom. The van der Waals surface area contributed by atoms with Crippen molar-refractivity contribution in [3.63, 3.8) is 0 Å². The van der Waals surface area contributed by atoms with E-state index in [0.29, 0.717) is 11.8 Å². The zero-order chi connectivity index (χ0) is 11.7. The second-order valence-corrected chi connectivity index (χ2v) is 3.96.